The summed E-state index contributed by atoms with van der Waals surface area (Å²) in [4.78, 5) is 3.99. The molecule has 0 saturated carbocycles. The minimum atomic E-state index is 0.282. The Bertz CT molecular complexity index is 424. The van der Waals surface area contributed by atoms with Crippen molar-refractivity contribution < 1.29 is 0 Å². The van der Waals surface area contributed by atoms with E-state index < -0.39 is 0 Å². The van der Waals surface area contributed by atoms with E-state index in [4.69, 9.17) is 11.6 Å². The topological polar surface area (TPSA) is 37.8 Å². The molecule has 2 rings (SSSR count). The first-order chi connectivity index (χ1) is 6.74. The third kappa shape index (κ3) is 2.21. The molecule has 1 heterocycles. The van der Waals surface area contributed by atoms with E-state index >= 15 is 0 Å². The van der Waals surface area contributed by atoms with Gasteiger partial charge in [-0.1, -0.05) is 17.7 Å². The lowest BCUT2D eigenvalue weighted by Gasteiger charge is -2.01. The highest BCUT2D eigenvalue weighted by molar-refractivity contribution is 7.10. The normalized spacial score (nSPS) is 10.1. The summed E-state index contributed by atoms with van der Waals surface area (Å²) in [6.07, 6.45) is 0. The fourth-order valence-electron chi connectivity index (χ4n) is 1.02. The first kappa shape index (κ1) is 9.43. The Morgan fingerprint density at radius 3 is 2.57 bits per heavy atom. The Balaban J connectivity index is 2.15. The van der Waals surface area contributed by atoms with Gasteiger partial charge in [0.05, 0.1) is 0 Å². The highest BCUT2D eigenvalue weighted by Crippen LogP contribution is 2.20. The van der Waals surface area contributed by atoms with E-state index in [-0.39, 0.29) is 5.28 Å². The van der Waals surface area contributed by atoms with Gasteiger partial charge in [-0.25, -0.2) is 0 Å². The van der Waals surface area contributed by atoms with Crippen LogP contribution >= 0.6 is 23.1 Å². The molecule has 1 aromatic carbocycles. The summed E-state index contributed by atoms with van der Waals surface area (Å²) in [5.41, 5.74) is 2.22. The number of benzene rings is 1. The summed E-state index contributed by atoms with van der Waals surface area (Å²) >= 11 is 6.84. The number of aromatic nitrogens is 2. The molecule has 5 heteroatoms. The van der Waals surface area contributed by atoms with Crippen LogP contribution in [0, 0.1) is 6.92 Å². The number of hydrogen-bond acceptors (Lipinski definition) is 4. The minimum absolute atomic E-state index is 0.282. The fraction of sp³-hybridized carbons (Fsp3) is 0.111. The Morgan fingerprint density at radius 1 is 1.29 bits per heavy atom. The first-order valence-corrected chi connectivity index (χ1v) is 5.22. The summed E-state index contributed by atoms with van der Waals surface area (Å²) in [7, 11) is 0. The molecule has 0 unspecified atom stereocenters. The lowest BCUT2D eigenvalue weighted by atomic mass is 10.2. The van der Waals surface area contributed by atoms with Crippen molar-refractivity contribution in [2.24, 2.45) is 0 Å². The molecular formula is C9H8ClN3S. The quantitative estimate of drug-likeness (QED) is 0.853. The number of rotatable bonds is 2. The van der Waals surface area contributed by atoms with E-state index in [1.54, 1.807) is 0 Å². The Labute approximate surface area is 90.9 Å². The standard InChI is InChI=1S/C9H8ClN3S/c1-6-2-4-7(5-3-6)11-9-12-8(10)13-14-9/h2-5H,1H3,(H,11,12,13). The summed E-state index contributed by atoms with van der Waals surface area (Å²) in [5, 5.41) is 4.10. The molecule has 0 aliphatic rings. The van der Waals surface area contributed by atoms with Gasteiger partial charge in [0.1, 0.15) is 0 Å². The maximum absolute atomic E-state index is 5.60. The second kappa shape index (κ2) is 3.94. The van der Waals surface area contributed by atoms with E-state index in [0.717, 1.165) is 5.69 Å². The van der Waals surface area contributed by atoms with E-state index in [0.29, 0.717) is 5.13 Å². The lowest BCUT2D eigenvalue weighted by molar-refractivity contribution is 1.32. The monoisotopic (exact) mass is 225 g/mol. The molecule has 2 aromatic rings. The Morgan fingerprint density at radius 2 is 2.00 bits per heavy atom. The maximum Gasteiger partial charge on any atom is 0.236 e. The average Bonchev–Trinajstić information content (AvgIpc) is 2.56. The molecule has 0 amide bonds. The molecule has 0 atom stereocenters. The van der Waals surface area contributed by atoms with Crippen molar-refractivity contribution >= 4 is 34.0 Å². The van der Waals surface area contributed by atoms with Crippen LogP contribution in [0.25, 0.3) is 0 Å². The van der Waals surface area contributed by atoms with Crippen LogP contribution in [0.2, 0.25) is 5.28 Å². The van der Waals surface area contributed by atoms with Crippen LogP contribution in [0.3, 0.4) is 0 Å². The van der Waals surface area contributed by atoms with Gasteiger partial charge in [-0.05, 0) is 30.7 Å². The van der Waals surface area contributed by atoms with Crippen LogP contribution in [0.15, 0.2) is 24.3 Å². The van der Waals surface area contributed by atoms with Crippen molar-refractivity contribution in [3.8, 4) is 0 Å². The predicted molar refractivity (Wildman–Crippen MR) is 59.4 cm³/mol. The van der Waals surface area contributed by atoms with Gasteiger partial charge in [-0.3, -0.25) is 0 Å². The fourth-order valence-corrected chi connectivity index (χ4v) is 1.75. The lowest BCUT2D eigenvalue weighted by Crippen LogP contribution is -1.88. The molecule has 0 saturated heterocycles. The van der Waals surface area contributed by atoms with Gasteiger partial charge in [-0.2, -0.15) is 9.36 Å². The summed E-state index contributed by atoms with van der Waals surface area (Å²) in [6.45, 7) is 2.05. The maximum atomic E-state index is 5.60. The molecular weight excluding hydrogens is 218 g/mol. The Kier molecular flexibility index (Phi) is 2.65. The number of anilines is 2. The summed E-state index contributed by atoms with van der Waals surface area (Å²) < 4.78 is 3.86. The first-order valence-electron chi connectivity index (χ1n) is 4.07. The third-order valence-corrected chi connectivity index (χ3v) is 2.60. The zero-order chi connectivity index (χ0) is 9.97. The van der Waals surface area contributed by atoms with Crippen LogP contribution in [0.4, 0.5) is 10.8 Å². The van der Waals surface area contributed by atoms with Gasteiger partial charge in [-0.15, -0.1) is 0 Å². The zero-order valence-corrected chi connectivity index (χ0v) is 9.06. The van der Waals surface area contributed by atoms with Crippen LogP contribution < -0.4 is 5.32 Å². The van der Waals surface area contributed by atoms with Crippen molar-refractivity contribution in [3.63, 3.8) is 0 Å². The molecule has 0 aliphatic carbocycles. The molecule has 0 aliphatic heterocycles. The van der Waals surface area contributed by atoms with E-state index in [1.807, 2.05) is 31.2 Å². The van der Waals surface area contributed by atoms with Crippen LogP contribution in [-0.2, 0) is 0 Å². The molecule has 1 N–H and O–H groups in total. The van der Waals surface area contributed by atoms with Gasteiger partial charge in [0.15, 0.2) is 0 Å². The van der Waals surface area contributed by atoms with Gasteiger partial charge >= 0.3 is 0 Å². The van der Waals surface area contributed by atoms with Crippen molar-refractivity contribution in [2.45, 2.75) is 6.92 Å². The van der Waals surface area contributed by atoms with Crippen LogP contribution in [0.1, 0.15) is 5.56 Å². The van der Waals surface area contributed by atoms with Crippen LogP contribution in [0.5, 0.6) is 0 Å². The van der Waals surface area contributed by atoms with Crippen molar-refractivity contribution in [1.82, 2.24) is 9.36 Å². The van der Waals surface area contributed by atoms with E-state index in [1.165, 1.54) is 17.1 Å². The average molecular weight is 226 g/mol. The van der Waals surface area contributed by atoms with Crippen molar-refractivity contribution in [1.29, 1.82) is 0 Å². The third-order valence-electron chi connectivity index (χ3n) is 1.70. The molecule has 0 radical (unpaired) electrons. The molecule has 0 spiro atoms. The molecule has 3 nitrogen and oxygen atoms in total. The molecule has 0 bridgehead atoms. The smallest absolute Gasteiger partial charge is 0.236 e. The molecule has 0 fully saturated rings. The highest BCUT2D eigenvalue weighted by atomic mass is 35.5. The molecule has 14 heavy (non-hydrogen) atoms. The van der Waals surface area contributed by atoms with Crippen LogP contribution in [-0.4, -0.2) is 9.36 Å². The second-order valence-electron chi connectivity index (χ2n) is 2.86. The minimum Gasteiger partial charge on any atom is -0.330 e. The van der Waals surface area contributed by atoms with Gasteiger partial charge in [0.2, 0.25) is 10.4 Å². The summed E-state index contributed by atoms with van der Waals surface area (Å²) in [6, 6.07) is 8.05. The Hall–Kier alpha value is -1.13. The van der Waals surface area contributed by atoms with E-state index in [9.17, 15) is 0 Å². The van der Waals surface area contributed by atoms with Crippen molar-refractivity contribution in [2.75, 3.05) is 5.32 Å². The number of nitrogens with zero attached hydrogens (tertiary/aromatic N) is 2. The SMILES string of the molecule is Cc1ccc(Nc2nc(Cl)ns2)cc1. The number of hydrogen-bond donors (Lipinski definition) is 1. The van der Waals surface area contributed by atoms with Gasteiger partial charge < -0.3 is 5.32 Å². The van der Waals surface area contributed by atoms with Gasteiger partial charge in [0.25, 0.3) is 0 Å². The number of halogens is 1. The second-order valence-corrected chi connectivity index (χ2v) is 3.95. The van der Waals surface area contributed by atoms with E-state index in [2.05, 4.69) is 14.7 Å². The zero-order valence-electron chi connectivity index (χ0n) is 7.49. The summed E-state index contributed by atoms with van der Waals surface area (Å²) in [5.74, 6) is 0. The highest BCUT2D eigenvalue weighted by Gasteiger charge is 2.00. The largest absolute Gasteiger partial charge is 0.330 e. The number of nitrogens with one attached hydrogen (secondary N) is 1. The van der Waals surface area contributed by atoms with Crippen molar-refractivity contribution in [3.05, 3.63) is 35.1 Å². The van der Waals surface area contributed by atoms with Gasteiger partial charge in [0, 0.05) is 17.2 Å². The molecule has 1 aromatic heterocycles. The number of aryl methyl sites for hydroxylation is 1. The molecule has 72 valence electrons. The predicted octanol–water partition coefficient (Wildman–Crippen LogP) is 3.24.